The monoisotopic (exact) mass is 183 g/mol. The maximum atomic E-state index is 4.16. The zero-order valence-corrected chi connectivity index (χ0v) is 8.19. The number of hydrogen-bond donors (Lipinski definition) is 1. The molecule has 1 aromatic rings. The topological polar surface area (TPSA) is 37.8 Å². The number of rotatable bonds is 4. The number of aromatic nitrogens is 2. The van der Waals surface area contributed by atoms with Crippen molar-refractivity contribution in [1.82, 2.24) is 14.1 Å². The van der Waals surface area contributed by atoms with Crippen LogP contribution in [0, 0.1) is 0 Å². The molecule has 3 nitrogen and oxygen atoms in total. The molecule has 1 heterocycles. The molecule has 0 spiro atoms. The third kappa shape index (κ3) is 2.12. The summed E-state index contributed by atoms with van der Waals surface area (Å²) in [6.07, 6.45) is 1.78. The lowest BCUT2D eigenvalue weighted by Gasteiger charge is -2.14. The first-order valence-electron chi connectivity index (χ1n) is 3.92. The standard InChI is InChI=1S/C8H13N3S/c1-4-9-8(6(2)3)7-5-10-12-11-7/h5,8-9H,2,4H2,1,3H3. The van der Waals surface area contributed by atoms with Gasteiger partial charge in [-0.25, -0.2) is 0 Å². The van der Waals surface area contributed by atoms with Gasteiger partial charge < -0.3 is 5.32 Å². The average molecular weight is 183 g/mol. The van der Waals surface area contributed by atoms with Crippen molar-refractivity contribution in [3.63, 3.8) is 0 Å². The minimum absolute atomic E-state index is 0.161. The van der Waals surface area contributed by atoms with Crippen LogP contribution in [-0.4, -0.2) is 15.3 Å². The first-order valence-corrected chi connectivity index (χ1v) is 4.65. The Morgan fingerprint density at radius 2 is 2.58 bits per heavy atom. The predicted octanol–water partition coefficient (Wildman–Crippen LogP) is 1.76. The number of likely N-dealkylation sites (N-methyl/N-ethyl adjacent to an activating group) is 1. The van der Waals surface area contributed by atoms with E-state index in [0.717, 1.165) is 17.8 Å². The van der Waals surface area contributed by atoms with E-state index in [1.165, 1.54) is 11.7 Å². The van der Waals surface area contributed by atoms with Gasteiger partial charge >= 0.3 is 0 Å². The zero-order chi connectivity index (χ0) is 8.97. The second-order valence-electron chi connectivity index (χ2n) is 2.67. The van der Waals surface area contributed by atoms with Gasteiger partial charge in [-0.3, -0.25) is 0 Å². The highest BCUT2D eigenvalue weighted by Crippen LogP contribution is 2.17. The molecule has 0 amide bonds. The summed E-state index contributed by atoms with van der Waals surface area (Å²) in [5, 5.41) is 3.29. The fourth-order valence-electron chi connectivity index (χ4n) is 1.03. The van der Waals surface area contributed by atoms with Crippen molar-refractivity contribution in [3.8, 4) is 0 Å². The molecule has 66 valence electrons. The van der Waals surface area contributed by atoms with E-state index < -0.39 is 0 Å². The van der Waals surface area contributed by atoms with Crippen molar-refractivity contribution in [2.75, 3.05) is 6.54 Å². The van der Waals surface area contributed by atoms with E-state index >= 15 is 0 Å². The Balaban J connectivity index is 2.73. The van der Waals surface area contributed by atoms with Crippen LogP contribution in [0.4, 0.5) is 0 Å². The highest BCUT2D eigenvalue weighted by Gasteiger charge is 2.12. The van der Waals surface area contributed by atoms with Crippen molar-refractivity contribution in [2.45, 2.75) is 19.9 Å². The number of nitrogens with zero attached hydrogens (tertiary/aromatic N) is 2. The van der Waals surface area contributed by atoms with E-state index in [1.807, 2.05) is 6.92 Å². The summed E-state index contributed by atoms with van der Waals surface area (Å²) in [4.78, 5) is 0. The molecule has 1 unspecified atom stereocenters. The second-order valence-corrected chi connectivity index (χ2v) is 3.23. The van der Waals surface area contributed by atoms with Crippen LogP contribution < -0.4 is 5.32 Å². The molecule has 0 fully saturated rings. The van der Waals surface area contributed by atoms with Crippen LogP contribution in [0.3, 0.4) is 0 Å². The van der Waals surface area contributed by atoms with Crippen LogP contribution in [0.25, 0.3) is 0 Å². The van der Waals surface area contributed by atoms with E-state index in [-0.39, 0.29) is 6.04 Å². The van der Waals surface area contributed by atoms with Gasteiger partial charge in [0, 0.05) is 0 Å². The average Bonchev–Trinajstić information content (AvgIpc) is 2.51. The molecule has 1 N–H and O–H groups in total. The molecule has 0 aliphatic heterocycles. The maximum absolute atomic E-state index is 4.16. The second kappa shape index (κ2) is 4.33. The van der Waals surface area contributed by atoms with Crippen LogP contribution in [0.15, 0.2) is 18.3 Å². The van der Waals surface area contributed by atoms with E-state index in [0.29, 0.717) is 0 Å². The van der Waals surface area contributed by atoms with Gasteiger partial charge in [-0.15, -0.1) is 0 Å². The van der Waals surface area contributed by atoms with Crippen LogP contribution in [0.1, 0.15) is 25.6 Å². The van der Waals surface area contributed by atoms with Crippen molar-refractivity contribution < 1.29 is 0 Å². The van der Waals surface area contributed by atoms with Gasteiger partial charge in [0.1, 0.15) is 0 Å². The molecule has 0 bridgehead atoms. The van der Waals surface area contributed by atoms with Gasteiger partial charge in [-0.05, 0) is 13.5 Å². The Morgan fingerprint density at radius 1 is 1.83 bits per heavy atom. The molecule has 0 radical (unpaired) electrons. The number of nitrogens with one attached hydrogen (secondary N) is 1. The summed E-state index contributed by atoms with van der Waals surface area (Å²) in [5.41, 5.74) is 2.04. The molecular formula is C8H13N3S. The predicted molar refractivity (Wildman–Crippen MR) is 51.1 cm³/mol. The molecule has 0 aromatic carbocycles. The third-order valence-electron chi connectivity index (χ3n) is 1.58. The Morgan fingerprint density at radius 3 is 3.00 bits per heavy atom. The summed E-state index contributed by atoms with van der Waals surface area (Å²) in [5.74, 6) is 0. The SMILES string of the molecule is C=C(C)C(NCC)c1cnsn1. The Hall–Kier alpha value is -0.740. The molecule has 1 aromatic heterocycles. The summed E-state index contributed by atoms with van der Waals surface area (Å²) in [7, 11) is 0. The molecule has 0 aliphatic carbocycles. The highest BCUT2D eigenvalue weighted by atomic mass is 32.1. The van der Waals surface area contributed by atoms with Crippen LogP contribution >= 0.6 is 11.7 Å². The lowest BCUT2D eigenvalue weighted by atomic mass is 10.1. The molecule has 0 aliphatic rings. The molecule has 4 heteroatoms. The third-order valence-corrected chi connectivity index (χ3v) is 2.07. The number of hydrogen-bond acceptors (Lipinski definition) is 4. The fraction of sp³-hybridized carbons (Fsp3) is 0.500. The van der Waals surface area contributed by atoms with E-state index in [1.54, 1.807) is 6.20 Å². The lowest BCUT2D eigenvalue weighted by molar-refractivity contribution is 0.611. The smallest absolute Gasteiger partial charge is 0.0954 e. The largest absolute Gasteiger partial charge is 0.305 e. The minimum atomic E-state index is 0.161. The summed E-state index contributed by atoms with van der Waals surface area (Å²) in [6.45, 7) is 8.87. The van der Waals surface area contributed by atoms with E-state index in [4.69, 9.17) is 0 Å². The van der Waals surface area contributed by atoms with Gasteiger partial charge in [0.15, 0.2) is 0 Å². The van der Waals surface area contributed by atoms with Crippen LogP contribution in [-0.2, 0) is 0 Å². The van der Waals surface area contributed by atoms with Crippen molar-refractivity contribution in [1.29, 1.82) is 0 Å². The highest BCUT2D eigenvalue weighted by molar-refractivity contribution is 6.99. The minimum Gasteiger partial charge on any atom is -0.305 e. The zero-order valence-electron chi connectivity index (χ0n) is 7.37. The Labute approximate surface area is 76.8 Å². The Kier molecular flexibility index (Phi) is 3.37. The molecule has 12 heavy (non-hydrogen) atoms. The van der Waals surface area contributed by atoms with Crippen LogP contribution in [0.5, 0.6) is 0 Å². The van der Waals surface area contributed by atoms with Gasteiger partial charge in [0.05, 0.1) is 29.7 Å². The molecule has 0 saturated carbocycles. The lowest BCUT2D eigenvalue weighted by Crippen LogP contribution is -2.21. The van der Waals surface area contributed by atoms with Crippen molar-refractivity contribution in [2.24, 2.45) is 0 Å². The van der Waals surface area contributed by atoms with Crippen molar-refractivity contribution in [3.05, 3.63) is 24.0 Å². The summed E-state index contributed by atoms with van der Waals surface area (Å²) in [6, 6.07) is 0.161. The summed E-state index contributed by atoms with van der Waals surface area (Å²) < 4.78 is 8.12. The summed E-state index contributed by atoms with van der Waals surface area (Å²) >= 11 is 1.23. The van der Waals surface area contributed by atoms with Gasteiger partial charge in [0.2, 0.25) is 0 Å². The van der Waals surface area contributed by atoms with E-state index in [9.17, 15) is 0 Å². The van der Waals surface area contributed by atoms with Crippen molar-refractivity contribution >= 4 is 11.7 Å². The van der Waals surface area contributed by atoms with Gasteiger partial charge in [-0.2, -0.15) is 8.75 Å². The molecule has 0 saturated heterocycles. The normalized spacial score (nSPS) is 12.8. The Bertz CT molecular complexity index is 243. The first kappa shape index (κ1) is 9.35. The van der Waals surface area contributed by atoms with E-state index in [2.05, 4.69) is 27.6 Å². The quantitative estimate of drug-likeness (QED) is 0.723. The molecule has 1 atom stereocenters. The van der Waals surface area contributed by atoms with Crippen LogP contribution in [0.2, 0.25) is 0 Å². The van der Waals surface area contributed by atoms with Gasteiger partial charge in [-0.1, -0.05) is 19.1 Å². The fourth-order valence-corrected chi connectivity index (χ4v) is 1.48. The molecule has 1 rings (SSSR count). The first-order chi connectivity index (χ1) is 5.75. The van der Waals surface area contributed by atoms with Gasteiger partial charge in [0.25, 0.3) is 0 Å². The molecular weight excluding hydrogens is 170 g/mol. The maximum Gasteiger partial charge on any atom is 0.0954 e.